The standard InChI is InChI=1S/C14H17BrO4/c1-2-18-12(17)8-19-14-10-6-4-3-5-9(10)7-11(16)13(14)15/h7,16H,2-6,8H2,1H3. The van der Waals surface area contributed by atoms with Crippen molar-refractivity contribution in [3.63, 3.8) is 0 Å². The Labute approximate surface area is 120 Å². The number of ether oxygens (including phenoxy) is 2. The number of rotatable bonds is 4. The highest BCUT2D eigenvalue weighted by atomic mass is 79.9. The second-order valence-corrected chi connectivity index (χ2v) is 5.27. The molecule has 0 atom stereocenters. The molecule has 2 rings (SSSR count). The minimum atomic E-state index is -0.401. The van der Waals surface area contributed by atoms with Gasteiger partial charge < -0.3 is 14.6 Å². The zero-order valence-corrected chi connectivity index (χ0v) is 12.5. The van der Waals surface area contributed by atoms with E-state index in [0.29, 0.717) is 16.8 Å². The van der Waals surface area contributed by atoms with Crippen molar-refractivity contribution >= 4 is 21.9 Å². The fraction of sp³-hybridized carbons (Fsp3) is 0.500. The number of esters is 1. The van der Waals surface area contributed by atoms with Crippen molar-refractivity contribution in [1.29, 1.82) is 0 Å². The van der Waals surface area contributed by atoms with Crippen LogP contribution in [0.15, 0.2) is 10.5 Å². The van der Waals surface area contributed by atoms with Gasteiger partial charge in [0.05, 0.1) is 6.61 Å². The van der Waals surface area contributed by atoms with Gasteiger partial charge in [-0.1, -0.05) is 0 Å². The monoisotopic (exact) mass is 328 g/mol. The van der Waals surface area contributed by atoms with Gasteiger partial charge in [0.1, 0.15) is 16.0 Å². The highest BCUT2D eigenvalue weighted by Crippen LogP contribution is 2.41. The first-order chi connectivity index (χ1) is 9.13. The molecule has 0 spiro atoms. The van der Waals surface area contributed by atoms with Gasteiger partial charge in [-0.05, 0) is 65.7 Å². The van der Waals surface area contributed by atoms with Crippen molar-refractivity contribution in [2.75, 3.05) is 13.2 Å². The summed E-state index contributed by atoms with van der Waals surface area (Å²) in [4.78, 5) is 11.4. The molecule has 19 heavy (non-hydrogen) atoms. The van der Waals surface area contributed by atoms with E-state index < -0.39 is 5.97 Å². The Morgan fingerprint density at radius 1 is 1.42 bits per heavy atom. The van der Waals surface area contributed by atoms with Gasteiger partial charge in [0, 0.05) is 0 Å². The molecule has 0 radical (unpaired) electrons. The third kappa shape index (κ3) is 3.21. The Balaban J connectivity index is 2.23. The van der Waals surface area contributed by atoms with E-state index in [-0.39, 0.29) is 12.4 Å². The van der Waals surface area contributed by atoms with E-state index in [4.69, 9.17) is 9.47 Å². The molecule has 0 aromatic heterocycles. The van der Waals surface area contributed by atoms with E-state index in [2.05, 4.69) is 15.9 Å². The summed E-state index contributed by atoms with van der Waals surface area (Å²) in [7, 11) is 0. The molecule has 0 heterocycles. The van der Waals surface area contributed by atoms with Gasteiger partial charge >= 0.3 is 5.97 Å². The number of phenols is 1. The number of halogens is 1. The molecule has 0 saturated heterocycles. The molecule has 1 aromatic rings. The summed E-state index contributed by atoms with van der Waals surface area (Å²) in [6, 6.07) is 1.77. The van der Waals surface area contributed by atoms with Gasteiger partial charge in [-0.15, -0.1) is 0 Å². The summed E-state index contributed by atoms with van der Waals surface area (Å²) in [5.74, 6) is 0.324. The van der Waals surface area contributed by atoms with Crippen LogP contribution in [-0.2, 0) is 22.4 Å². The molecule has 1 aliphatic rings. The summed E-state index contributed by atoms with van der Waals surface area (Å²) in [6.07, 6.45) is 4.06. The molecule has 0 fully saturated rings. The van der Waals surface area contributed by atoms with E-state index in [9.17, 15) is 9.90 Å². The average Bonchev–Trinajstić information content (AvgIpc) is 2.39. The van der Waals surface area contributed by atoms with Crippen molar-refractivity contribution in [2.24, 2.45) is 0 Å². The van der Waals surface area contributed by atoms with Crippen LogP contribution in [0.1, 0.15) is 30.9 Å². The molecular formula is C14H17BrO4. The summed E-state index contributed by atoms with van der Waals surface area (Å²) >= 11 is 3.32. The predicted molar refractivity (Wildman–Crippen MR) is 74.6 cm³/mol. The molecule has 1 aliphatic carbocycles. The molecular weight excluding hydrogens is 312 g/mol. The maximum Gasteiger partial charge on any atom is 0.344 e. The Morgan fingerprint density at radius 3 is 2.89 bits per heavy atom. The molecule has 104 valence electrons. The van der Waals surface area contributed by atoms with Gasteiger partial charge in [-0.25, -0.2) is 4.79 Å². The van der Waals surface area contributed by atoms with Crippen LogP contribution in [0, 0.1) is 0 Å². The Kier molecular flexibility index (Phi) is 4.69. The Hall–Kier alpha value is -1.23. The molecule has 4 nitrogen and oxygen atoms in total. The number of phenolic OH excluding ortho intramolecular Hbond substituents is 1. The molecule has 1 aromatic carbocycles. The quantitative estimate of drug-likeness (QED) is 0.863. The Morgan fingerprint density at radius 2 is 2.16 bits per heavy atom. The third-order valence-electron chi connectivity index (χ3n) is 3.16. The smallest absolute Gasteiger partial charge is 0.344 e. The lowest BCUT2D eigenvalue weighted by Crippen LogP contribution is -2.16. The van der Waals surface area contributed by atoms with Crippen LogP contribution >= 0.6 is 15.9 Å². The van der Waals surface area contributed by atoms with Gasteiger partial charge in [-0.3, -0.25) is 0 Å². The van der Waals surface area contributed by atoms with E-state index >= 15 is 0 Å². The van der Waals surface area contributed by atoms with Crippen molar-refractivity contribution in [3.8, 4) is 11.5 Å². The van der Waals surface area contributed by atoms with Gasteiger partial charge in [-0.2, -0.15) is 0 Å². The summed E-state index contributed by atoms with van der Waals surface area (Å²) in [5.41, 5.74) is 2.19. The second kappa shape index (κ2) is 6.28. The largest absolute Gasteiger partial charge is 0.507 e. The van der Waals surface area contributed by atoms with Crippen LogP contribution in [0.25, 0.3) is 0 Å². The summed E-state index contributed by atoms with van der Waals surface area (Å²) in [6.45, 7) is 1.95. The fourth-order valence-corrected chi connectivity index (χ4v) is 2.78. The average molecular weight is 329 g/mol. The van der Waals surface area contributed by atoms with Crippen molar-refractivity contribution in [3.05, 3.63) is 21.7 Å². The zero-order chi connectivity index (χ0) is 13.8. The molecule has 0 saturated carbocycles. The lowest BCUT2D eigenvalue weighted by molar-refractivity contribution is -0.145. The first kappa shape index (κ1) is 14.2. The predicted octanol–water partition coefficient (Wildman–Crippen LogP) is 2.98. The van der Waals surface area contributed by atoms with E-state index in [1.54, 1.807) is 13.0 Å². The minimum absolute atomic E-state index is 0.137. The van der Waals surface area contributed by atoms with Crippen LogP contribution in [0.3, 0.4) is 0 Å². The van der Waals surface area contributed by atoms with E-state index in [0.717, 1.165) is 36.8 Å². The van der Waals surface area contributed by atoms with Crippen molar-refractivity contribution in [1.82, 2.24) is 0 Å². The lowest BCUT2D eigenvalue weighted by atomic mass is 9.91. The second-order valence-electron chi connectivity index (χ2n) is 4.48. The van der Waals surface area contributed by atoms with E-state index in [1.165, 1.54) is 0 Å². The molecule has 0 amide bonds. The first-order valence-electron chi connectivity index (χ1n) is 6.45. The van der Waals surface area contributed by atoms with Gasteiger partial charge in [0.2, 0.25) is 0 Å². The molecule has 0 unspecified atom stereocenters. The topological polar surface area (TPSA) is 55.8 Å². The number of aromatic hydroxyl groups is 1. The maximum atomic E-state index is 11.4. The van der Waals surface area contributed by atoms with Crippen molar-refractivity contribution in [2.45, 2.75) is 32.6 Å². The van der Waals surface area contributed by atoms with Gasteiger partial charge in [0.25, 0.3) is 0 Å². The highest BCUT2D eigenvalue weighted by molar-refractivity contribution is 9.10. The van der Waals surface area contributed by atoms with Gasteiger partial charge in [0.15, 0.2) is 6.61 Å². The number of fused-ring (bicyclic) bond motifs is 1. The summed E-state index contributed by atoms with van der Waals surface area (Å²) < 4.78 is 10.9. The van der Waals surface area contributed by atoms with Crippen LogP contribution < -0.4 is 4.74 Å². The SMILES string of the molecule is CCOC(=O)COc1c(Br)c(O)cc2c1CCCC2. The van der Waals surface area contributed by atoms with Crippen LogP contribution in [0.4, 0.5) is 0 Å². The molecule has 5 heteroatoms. The highest BCUT2D eigenvalue weighted by Gasteiger charge is 2.21. The number of aryl methyl sites for hydroxylation is 1. The number of carbonyl (C=O) groups excluding carboxylic acids is 1. The Bertz CT molecular complexity index is 485. The first-order valence-corrected chi connectivity index (χ1v) is 7.24. The third-order valence-corrected chi connectivity index (χ3v) is 3.93. The van der Waals surface area contributed by atoms with Crippen LogP contribution in [0.2, 0.25) is 0 Å². The molecule has 1 N–H and O–H groups in total. The number of hydrogen-bond acceptors (Lipinski definition) is 4. The van der Waals surface area contributed by atoms with Crippen LogP contribution in [-0.4, -0.2) is 24.3 Å². The van der Waals surface area contributed by atoms with E-state index in [1.807, 2.05) is 0 Å². The lowest BCUT2D eigenvalue weighted by Gasteiger charge is -2.21. The minimum Gasteiger partial charge on any atom is -0.507 e. The zero-order valence-electron chi connectivity index (χ0n) is 10.9. The molecule has 0 aliphatic heterocycles. The van der Waals surface area contributed by atoms with Crippen LogP contribution in [0.5, 0.6) is 11.5 Å². The number of carbonyl (C=O) groups is 1. The molecule has 0 bridgehead atoms. The fourth-order valence-electron chi connectivity index (χ4n) is 2.31. The van der Waals surface area contributed by atoms with Crippen molar-refractivity contribution < 1.29 is 19.4 Å². The number of hydrogen-bond donors (Lipinski definition) is 1. The maximum absolute atomic E-state index is 11.4. The normalized spacial score (nSPS) is 13.8. The number of benzene rings is 1. The summed E-state index contributed by atoms with van der Waals surface area (Å²) in [5, 5.41) is 9.88.